The fraction of sp³-hybridized carbons (Fsp3) is 0.600. The second kappa shape index (κ2) is 3.73. The molecule has 0 spiro atoms. The predicted molar refractivity (Wildman–Crippen MR) is 75.2 cm³/mol. The number of hydrogen-bond donors (Lipinski definition) is 1. The molecule has 3 heteroatoms. The maximum Gasteiger partial charge on any atom is 0.137 e. The molecule has 0 aromatic heterocycles. The van der Waals surface area contributed by atoms with Crippen molar-refractivity contribution >= 4 is 15.9 Å². The molecule has 0 radical (unpaired) electrons. The highest BCUT2D eigenvalue weighted by Crippen LogP contribution is 2.56. The van der Waals surface area contributed by atoms with E-state index in [1.165, 1.54) is 11.1 Å². The highest BCUT2D eigenvalue weighted by Gasteiger charge is 2.51. The van der Waals surface area contributed by atoms with Gasteiger partial charge in [0.05, 0.1) is 11.1 Å². The van der Waals surface area contributed by atoms with E-state index in [1.807, 2.05) is 0 Å². The molecule has 0 unspecified atom stereocenters. The quantitative estimate of drug-likeness (QED) is 0.907. The van der Waals surface area contributed by atoms with E-state index in [0.717, 1.165) is 23.2 Å². The molecule has 2 nitrogen and oxygen atoms in total. The second-order valence-electron chi connectivity index (χ2n) is 6.51. The van der Waals surface area contributed by atoms with E-state index in [1.54, 1.807) is 0 Å². The third-order valence-corrected chi connectivity index (χ3v) is 5.23. The van der Waals surface area contributed by atoms with Crippen LogP contribution in [0.25, 0.3) is 0 Å². The largest absolute Gasteiger partial charge is 0.491 e. The Morgan fingerprint density at radius 2 is 2.11 bits per heavy atom. The van der Waals surface area contributed by atoms with Crippen LogP contribution in [-0.2, 0) is 10.8 Å². The van der Waals surface area contributed by atoms with Crippen molar-refractivity contribution < 1.29 is 9.84 Å². The molecular formula is C15H19BrO2. The van der Waals surface area contributed by atoms with E-state index in [9.17, 15) is 5.11 Å². The first-order valence-electron chi connectivity index (χ1n) is 6.46. The first-order chi connectivity index (χ1) is 8.38. The van der Waals surface area contributed by atoms with Gasteiger partial charge >= 0.3 is 0 Å². The van der Waals surface area contributed by atoms with Crippen molar-refractivity contribution in [2.24, 2.45) is 5.92 Å². The second-order valence-corrected chi connectivity index (χ2v) is 7.36. The maximum atomic E-state index is 9.33. The molecule has 0 saturated heterocycles. The lowest BCUT2D eigenvalue weighted by molar-refractivity contribution is 0.265. The molecule has 2 atom stereocenters. The summed E-state index contributed by atoms with van der Waals surface area (Å²) in [5, 5.41) is 9.33. The van der Waals surface area contributed by atoms with Gasteiger partial charge in [0.25, 0.3) is 0 Å². The van der Waals surface area contributed by atoms with Gasteiger partial charge in [-0.1, -0.05) is 26.8 Å². The van der Waals surface area contributed by atoms with Crippen molar-refractivity contribution in [1.82, 2.24) is 0 Å². The number of fused-ring (bicyclic) bond motifs is 1. The van der Waals surface area contributed by atoms with Gasteiger partial charge in [0, 0.05) is 17.6 Å². The smallest absolute Gasteiger partial charge is 0.137 e. The Bertz CT molecular complexity index is 509. The summed E-state index contributed by atoms with van der Waals surface area (Å²) in [6.07, 6.45) is 1.08. The fourth-order valence-corrected chi connectivity index (χ4v) is 3.55. The van der Waals surface area contributed by atoms with Crippen LogP contribution in [0.15, 0.2) is 16.6 Å². The molecule has 18 heavy (non-hydrogen) atoms. The summed E-state index contributed by atoms with van der Waals surface area (Å²) in [5.41, 5.74) is 2.83. The summed E-state index contributed by atoms with van der Waals surface area (Å²) in [7, 11) is 0. The molecule has 1 aliphatic heterocycles. The molecule has 1 heterocycles. The summed E-state index contributed by atoms with van der Waals surface area (Å²) in [5.74, 6) is 1.40. The zero-order valence-electron chi connectivity index (χ0n) is 11.1. The van der Waals surface area contributed by atoms with Gasteiger partial charge in [0.2, 0.25) is 0 Å². The summed E-state index contributed by atoms with van der Waals surface area (Å²) in [4.78, 5) is 0. The van der Waals surface area contributed by atoms with E-state index < -0.39 is 0 Å². The van der Waals surface area contributed by atoms with E-state index in [-0.39, 0.29) is 17.4 Å². The standard InChI is InChI=1S/C15H19BrO2/c1-14(2)8-18-13-11(14)4-9(5-12(13)16)15(3)6-10(15)7-17/h4-5,10,17H,6-8H2,1-3H3/t10-,15-/m1/s1. The first-order valence-corrected chi connectivity index (χ1v) is 7.26. The molecule has 98 valence electrons. The number of benzene rings is 1. The number of aliphatic hydroxyl groups is 1. The SMILES string of the molecule is CC1(C)COc2c(Br)cc([C@@]3(C)C[C@@H]3CO)cc21. The lowest BCUT2D eigenvalue weighted by Gasteiger charge is -2.19. The highest BCUT2D eigenvalue weighted by atomic mass is 79.9. The van der Waals surface area contributed by atoms with Crippen LogP contribution in [0, 0.1) is 5.92 Å². The molecule has 1 N–H and O–H groups in total. The van der Waals surface area contributed by atoms with Gasteiger partial charge in [-0.15, -0.1) is 0 Å². The molecule has 3 rings (SSSR count). The minimum absolute atomic E-state index is 0.0772. The van der Waals surface area contributed by atoms with Crippen LogP contribution >= 0.6 is 15.9 Å². The summed E-state index contributed by atoms with van der Waals surface area (Å²) >= 11 is 3.62. The van der Waals surface area contributed by atoms with Gasteiger partial charge < -0.3 is 9.84 Å². The minimum Gasteiger partial charge on any atom is -0.491 e. The molecule has 1 aromatic carbocycles. The van der Waals surface area contributed by atoms with Gasteiger partial charge in [0.1, 0.15) is 5.75 Å². The average Bonchev–Trinajstić information content (AvgIpc) is 2.89. The van der Waals surface area contributed by atoms with Crippen LogP contribution in [0.5, 0.6) is 5.75 Å². The number of ether oxygens (including phenoxy) is 1. The van der Waals surface area contributed by atoms with Gasteiger partial charge in [-0.25, -0.2) is 0 Å². The third kappa shape index (κ3) is 1.64. The van der Waals surface area contributed by atoms with Crippen molar-refractivity contribution in [3.8, 4) is 5.75 Å². The normalized spacial score (nSPS) is 31.9. The Labute approximate surface area is 116 Å². The molecule has 1 aromatic rings. The van der Waals surface area contributed by atoms with Crippen molar-refractivity contribution in [2.45, 2.75) is 38.0 Å². The summed E-state index contributed by atoms with van der Waals surface area (Å²) < 4.78 is 6.84. The maximum absolute atomic E-state index is 9.33. The summed E-state index contributed by atoms with van der Waals surface area (Å²) in [6.45, 7) is 7.70. The third-order valence-electron chi connectivity index (χ3n) is 4.64. The van der Waals surface area contributed by atoms with Crippen LogP contribution in [0.4, 0.5) is 0 Å². The first kappa shape index (κ1) is 12.5. The molecule has 1 saturated carbocycles. The molecular weight excluding hydrogens is 292 g/mol. The van der Waals surface area contributed by atoms with Gasteiger partial charge in [0.15, 0.2) is 0 Å². The van der Waals surface area contributed by atoms with Crippen LogP contribution in [-0.4, -0.2) is 18.3 Å². The number of hydrogen-bond acceptors (Lipinski definition) is 2. The van der Waals surface area contributed by atoms with Crippen LogP contribution in [0.2, 0.25) is 0 Å². The average molecular weight is 311 g/mol. The zero-order valence-corrected chi connectivity index (χ0v) is 12.7. The molecule has 1 aliphatic carbocycles. The van der Waals surface area contributed by atoms with Gasteiger partial charge in [-0.2, -0.15) is 0 Å². The van der Waals surface area contributed by atoms with Crippen molar-refractivity contribution in [2.75, 3.05) is 13.2 Å². The van der Waals surface area contributed by atoms with Gasteiger partial charge in [-0.3, -0.25) is 0 Å². The van der Waals surface area contributed by atoms with Crippen LogP contribution in [0.1, 0.15) is 38.3 Å². The number of rotatable bonds is 2. The van der Waals surface area contributed by atoms with E-state index in [0.29, 0.717) is 5.92 Å². The predicted octanol–water partition coefficient (Wildman–Crippen LogP) is 3.39. The molecule has 0 bridgehead atoms. The zero-order chi connectivity index (χ0) is 13.1. The van der Waals surface area contributed by atoms with E-state index in [2.05, 4.69) is 48.8 Å². The fourth-order valence-electron chi connectivity index (χ4n) is 2.98. The molecule has 2 aliphatic rings. The van der Waals surface area contributed by atoms with E-state index >= 15 is 0 Å². The summed E-state index contributed by atoms with van der Waals surface area (Å²) in [6, 6.07) is 4.44. The molecule has 0 amide bonds. The Morgan fingerprint density at radius 1 is 1.39 bits per heavy atom. The van der Waals surface area contributed by atoms with E-state index in [4.69, 9.17) is 4.74 Å². The Kier molecular flexibility index (Phi) is 2.59. The number of aliphatic hydroxyl groups excluding tert-OH is 1. The highest BCUT2D eigenvalue weighted by molar-refractivity contribution is 9.10. The Morgan fingerprint density at radius 3 is 2.72 bits per heavy atom. The van der Waals surface area contributed by atoms with Crippen LogP contribution < -0.4 is 4.74 Å². The van der Waals surface area contributed by atoms with Crippen molar-refractivity contribution in [1.29, 1.82) is 0 Å². The van der Waals surface area contributed by atoms with Crippen molar-refractivity contribution in [3.63, 3.8) is 0 Å². The van der Waals surface area contributed by atoms with Gasteiger partial charge in [-0.05, 0) is 45.3 Å². The topological polar surface area (TPSA) is 29.5 Å². The lowest BCUT2D eigenvalue weighted by Crippen LogP contribution is -2.19. The monoisotopic (exact) mass is 310 g/mol. The number of halogens is 1. The molecule has 1 fully saturated rings. The minimum atomic E-state index is 0.0772. The Balaban J connectivity index is 2.08. The lowest BCUT2D eigenvalue weighted by atomic mass is 9.83. The Hall–Kier alpha value is -0.540. The van der Waals surface area contributed by atoms with Crippen molar-refractivity contribution in [3.05, 3.63) is 27.7 Å². The van der Waals surface area contributed by atoms with Crippen LogP contribution in [0.3, 0.4) is 0 Å².